The van der Waals surface area contributed by atoms with Gasteiger partial charge in [-0.05, 0) is 50.3 Å². The lowest BCUT2D eigenvalue weighted by atomic mass is 9.75. The molecule has 0 aromatic heterocycles. The SMILES string of the molecule is COC(=O)C1CCCCC1C(=O)Cc1c(C)cc(C)cc1C. The molecular weight excluding hydrogens is 276 g/mol. The van der Waals surface area contributed by atoms with E-state index in [-0.39, 0.29) is 23.6 Å². The van der Waals surface area contributed by atoms with Crippen molar-refractivity contribution < 1.29 is 14.3 Å². The molecular formula is C19H26O3. The molecule has 0 N–H and O–H groups in total. The van der Waals surface area contributed by atoms with E-state index < -0.39 is 0 Å². The van der Waals surface area contributed by atoms with Gasteiger partial charge in [-0.2, -0.15) is 0 Å². The van der Waals surface area contributed by atoms with E-state index in [1.54, 1.807) is 0 Å². The lowest BCUT2D eigenvalue weighted by Crippen LogP contribution is -2.34. The first-order valence-corrected chi connectivity index (χ1v) is 8.11. The molecule has 22 heavy (non-hydrogen) atoms. The largest absolute Gasteiger partial charge is 0.469 e. The molecule has 1 fully saturated rings. The number of carbonyl (C=O) groups is 2. The fourth-order valence-electron chi connectivity index (χ4n) is 3.74. The minimum Gasteiger partial charge on any atom is -0.469 e. The molecule has 0 saturated heterocycles. The number of esters is 1. The Labute approximate surface area is 133 Å². The summed E-state index contributed by atoms with van der Waals surface area (Å²) >= 11 is 0. The Kier molecular flexibility index (Phi) is 5.38. The predicted molar refractivity (Wildman–Crippen MR) is 86.8 cm³/mol. The van der Waals surface area contributed by atoms with Crippen molar-refractivity contribution in [3.05, 3.63) is 34.4 Å². The summed E-state index contributed by atoms with van der Waals surface area (Å²) in [4.78, 5) is 24.7. The molecule has 2 atom stereocenters. The Morgan fingerprint density at radius 3 is 2.14 bits per heavy atom. The van der Waals surface area contributed by atoms with Crippen molar-refractivity contribution in [3.8, 4) is 0 Å². The van der Waals surface area contributed by atoms with Crippen LogP contribution in [0.4, 0.5) is 0 Å². The van der Waals surface area contributed by atoms with Gasteiger partial charge in [-0.1, -0.05) is 30.5 Å². The second-order valence-corrected chi connectivity index (χ2v) is 6.54. The highest BCUT2D eigenvalue weighted by atomic mass is 16.5. The molecule has 0 heterocycles. The zero-order chi connectivity index (χ0) is 16.3. The molecule has 0 spiro atoms. The zero-order valence-electron chi connectivity index (χ0n) is 14.1. The summed E-state index contributed by atoms with van der Waals surface area (Å²) in [6, 6.07) is 4.24. The van der Waals surface area contributed by atoms with Gasteiger partial charge in [0, 0.05) is 12.3 Å². The number of aryl methyl sites for hydroxylation is 3. The standard InChI is InChI=1S/C19H26O3/c1-12-9-13(2)17(14(3)10-12)11-18(20)15-7-5-6-8-16(15)19(21)22-4/h9-10,15-16H,5-8,11H2,1-4H3. The number of benzene rings is 1. The maximum atomic E-state index is 12.8. The highest BCUT2D eigenvalue weighted by Crippen LogP contribution is 2.33. The molecule has 0 radical (unpaired) electrons. The van der Waals surface area contributed by atoms with Crippen LogP contribution in [0, 0.1) is 32.6 Å². The lowest BCUT2D eigenvalue weighted by molar-refractivity contribution is -0.151. The van der Waals surface area contributed by atoms with Crippen LogP contribution >= 0.6 is 0 Å². The van der Waals surface area contributed by atoms with Gasteiger partial charge in [0.15, 0.2) is 0 Å². The number of hydrogen-bond donors (Lipinski definition) is 0. The minimum atomic E-state index is -0.252. The number of ether oxygens (including phenoxy) is 1. The minimum absolute atomic E-state index is 0.179. The molecule has 1 saturated carbocycles. The fraction of sp³-hybridized carbons (Fsp3) is 0.579. The quantitative estimate of drug-likeness (QED) is 0.796. The van der Waals surface area contributed by atoms with Gasteiger partial charge in [-0.25, -0.2) is 0 Å². The van der Waals surface area contributed by atoms with Crippen LogP contribution in [0.15, 0.2) is 12.1 Å². The molecule has 2 unspecified atom stereocenters. The highest BCUT2D eigenvalue weighted by Gasteiger charge is 2.36. The molecule has 120 valence electrons. The van der Waals surface area contributed by atoms with Crippen molar-refractivity contribution in [1.82, 2.24) is 0 Å². The first-order chi connectivity index (χ1) is 10.4. The van der Waals surface area contributed by atoms with Crippen molar-refractivity contribution >= 4 is 11.8 Å². The summed E-state index contributed by atoms with van der Waals surface area (Å²) in [6.45, 7) is 6.18. The molecule has 2 rings (SSSR count). The summed E-state index contributed by atoms with van der Waals surface area (Å²) in [5.41, 5.74) is 4.66. The second kappa shape index (κ2) is 7.08. The lowest BCUT2D eigenvalue weighted by Gasteiger charge is -2.28. The monoisotopic (exact) mass is 302 g/mol. The topological polar surface area (TPSA) is 43.4 Å². The van der Waals surface area contributed by atoms with E-state index in [1.165, 1.54) is 12.7 Å². The molecule has 0 amide bonds. The number of Topliss-reactive ketones (excluding diaryl/α,β-unsaturated/α-hetero) is 1. The normalized spacial score (nSPS) is 21.5. The van der Waals surface area contributed by atoms with Gasteiger partial charge in [0.1, 0.15) is 5.78 Å². The highest BCUT2D eigenvalue weighted by molar-refractivity contribution is 5.88. The number of ketones is 1. The van der Waals surface area contributed by atoms with Crippen LogP contribution in [0.5, 0.6) is 0 Å². The third-order valence-corrected chi connectivity index (χ3v) is 4.87. The molecule has 3 heteroatoms. The first kappa shape index (κ1) is 16.7. The molecule has 0 bridgehead atoms. The number of methoxy groups -OCH3 is 1. The molecule has 3 nitrogen and oxygen atoms in total. The van der Waals surface area contributed by atoms with E-state index in [0.717, 1.165) is 42.4 Å². The van der Waals surface area contributed by atoms with Gasteiger partial charge in [0.25, 0.3) is 0 Å². The van der Waals surface area contributed by atoms with E-state index in [2.05, 4.69) is 32.9 Å². The Bertz CT molecular complexity index is 551. The van der Waals surface area contributed by atoms with Crippen molar-refractivity contribution in [3.63, 3.8) is 0 Å². The zero-order valence-corrected chi connectivity index (χ0v) is 14.1. The van der Waals surface area contributed by atoms with E-state index >= 15 is 0 Å². The van der Waals surface area contributed by atoms with Crippen molar-refractivity contribution in [2.75, 3.05) is 7.11 Å². The molecule has 1 aromatic carbocycles. The van der Waals surface area contributed by atoms with Gasteiger partial charge in [-0.15, -0.1) is 0 Å². The Morgan fingerprint density at radius 1 is 1.05 bits per heavy atom. The first-order valence-electron chi connectivity index (χ1n) is 8.11. The smallest absolute Gasteiger partial charge is 0.309 e. The number of rotatable bonds is 4. The summed E-state index contributed by atoms with van der Waals surface area (Å²) < 4.78 is 4.89. The van der Waals surface area contributed by atoms with E-state index in [0.29, 0.717) is 6.42 Å². The van der Waals surface area contributed by atoms with E-state index in [9.17, 15) is 9.59 Å². The van der Waals surface area contributed by atoms with Crippen LogP contribution in [0.3, 0.4) is 0 Å². The molecule has 1 aliphatic carbocycles. The van der Waals surface area contributed by atoms with Crippen molar-refractivity contribution in [2.45, 2.75) is 52.9 Å². The van der Waals surface area contributed by atoms with Crippen molar-refractivity contribution in [1.29, 1.82) is 0 Å². The second-order valence-electron chi connectivity index (χ2n) is 6.54. The van der Waals surface area contributed by atoms with Crippen LogP contribution < -0.4 is 0 Å². The predicted octanol–water partition coefficient (Wildman–Crippen LogP) is 3.70. The van der Waals surface area contributed by atoms with Crippen LogP contribution in [-0.4, -0.2) is 18.9 Å². The maximum absolute atomic E-state index is 12.8. The molecule has 1 aliphatic rings. The summed E-state index contributed by atoms with van der Waals surface area (Å²) in [5, 5.41) is 0. The van der Waals surface area contributed by atoms with Gasteiger partial charge in [0.05, 0.1) is 13.0 Å². The summed E-state index contributed by atoms with van der Waals surface area (Å²) in [7, 11) is 1.41. The van der Waals surface area contributed by atoms with Gasteiger partial charge < -0.3 is 4.74 Å². The number of carbonyl (C=O) groups excluding carboxylic acids is 2. The molecule has 1 aromatic rings. The van der Waals surface area contributed by atoms with Crippen molar-refractivity contribution in [2.24, 2.45) is 11.8 Å². The van der Waals surface area contributed by atoms with Crippen LogP contribution in [0.2, 0.25) is 0 Å². The third-order valence-electron chi connectivity index (χ3n) is 4.87. The Balaban J connectivity index is 2.19. The summed E-state index contributed by atoms with van der Waals surface area (Å²) in [5.74, 6) is -0.473. The van der Waals surface area contributed by atoms with Gasteiger partial charge in [-0.3, -0.25) is 9.59 Å². The van der Waals surface area contributed by atoms with Gasteiger partial charge >= 0.3 is 5.97 Å². The van der Waals surface area contributed by atoms with E-state index in [4.69, 9.17) is 4.74 Å². The van der Waals surface area contributed by atoms with Crippen LogP contribution in [0.25, 0.3) is 0 Å². The molecule has 0 aliphatic heterocycles. The number of hydrogen-bond acceptors (Lipinski definition) is 3. The van der Waals surface area contributed by atoms with Crippen LogP contribution in [0.1, 0.15) is 47.9 Å². The Morgan fingerprint density at radius 2 is 1.59 bits per heavy atom. The van der Waals surface area contributed by atoms with E-state index in [1.807, 2.05) is 0 Å². The summed E-state index contributed by atoms with van der Waals surface area (Å²) in [6.07, 6.45) is 4.04. The Hall–Kier alpha value is -1.64. The van der Waals surface area contributed by atoms with Gasteiger partial charge in [0.2, 0.25) is 0 Å². The average Bonchev–Trinajstić information content (AvgIpc) is 2.49. The average molecular weight is 302 g/mol. The fourth-order valence-corrected chi connectivity index (χ4v) is 3.74. The van der Waals surface area contributed by atoms with Crippen LogP contribution in [-0.2, 0) is 20.7 Å². The maximum Gasteiger partial charge on any atom is 0.309 e. The third kappa shape index (κ3) is 3.57.